The van der Waals surface area contributed by atoms with Gasteiger partial charge in [-0.05, 0) is 49.9 Å². The monoisotopic (exact) mass is 357 g/mol. The van der Waals surface area contributed by atoms with Crippen molar-refractivity contribution in [3.8, 4) is 5.75 Å². The second-order valence-corrected chi connectivity index (χ2v) is 7.59. The molecule has 142 valence electrons. The van der Waals surface area contributed by atoms with E-state index in [2.05, 4.69) is 37.4 Å². The van der Waals surface area contributed by atoms with Gasteiger partial charge in [0, 0.05) is 17.6 Å². The van der Waals surface area contributed by atoms with Crippen molar-refractivity contribution in [1.29, 1.82) is 0 Å². The van der Waals surface area contributed by atoms with Crippen LogP contribution in [0.1, 0.15) is 44.4 Å². The molecule has 0 bridgehead atoms. The van der Waals surface area contributed by atoms with Crippen LogP contribution in [-0.4, -0.2) is 26.4 Å². The van der Waals surface area contributed by atoms with Crippen molar-refractivity contribution in [3.63, 3.8) is 0 Å². The van der Waals surface area contributed by atoms with E-state index in [1.165, 1.54) is 5.56 Å². The Morgan fingerprint density at radius 2 is 2.08 bits per heavy atom. The van der Waals surface area contributed by atoms with Gasteiger partial charge in [0.05, 0.1) is 26.0 Å². The molecule has 4 nitrogen and oxygen atoms in total. The quantitative estimate of drug-likeness (QED) is 0.705. The molecular formula is C22H31NO3. The Labute approximate surface area is 156 Å². The first-order valence-corrected chi connectivity index (χ1v) is 9.63. The zero-order valence-corrected chi connectivity index (χ0v) is 16.2. The maximum absolute atomic E-state index is 6.08. The Balaban J connectivity index is 1.77. The minimum Gasteiger partial charge on any atom is -0.496 e. The highest BCUT2D eigenvalue weighted by Gasteiger charge is 2.40. The highest BCUT2D eigenvalue weighted by molar-refractivity contribution is 5.40. The van der Waals surface area contributed by atoms with Crippen molar-refractivity contribution in [2.45, 2.75) is 51.2 Å². The Hall–Kier alpha value is -1.78. The topological polar surface area (TPSA) is 43.6 Å². The molecule has 2 heterocycles. The predicted molar refractivity (Wildman–Crippen MR) is 104 cm³/mol. The first kappa shape index (κ1) is 19.0. The van der Waals surface area contributed by atoms with Crippen LogP contribution >= 0.6 is 0 Å². The van der Waals surface area contributed by atoms with E-state index in [0.29, 0.717) is 12.0 Å². The molecule has 0 saturated carbocycles. The predicted octanol–water partition coefficient (Wildman–Crippen LogP) is 4.54. The number of para-hydroxylation sites is 1. The number of nitrogens with one attached hydrogen (secondary N) is 1. The Kier molecular flexibility index (Phi) is 6.38. The van der Waals surface area contributed by atoms with Crippen LogP contribution in [0.2, 0.25) is 0 Å². The normalized spacial score (nSPS) is 23.3. The molecule has 0 radical (unpaired) electrons. The largest absolute Gasteiger partial charge is 0.496 e. The van der Waals surface area contributed by atoms with Gasteiger partial charge in [-0.15, -0.1) is 0 Å². The van der Waals surface area contributed by atoms with E-state index in [1.807, 2.05) is 18.2 Å². The summed E-state index contributed by atoms with van der Waals surface area (Å²) in [6.45, 7) is 7.00. The van der Waals surface area contributed by atoms with Crippen LogP contribution in [0.15, 0.2) is 47.1 Å². The van der Waals surface area contributed by atoms with E-state index in [9.17, 15) is 0 Å². The third-order valence-corrected chi connectivity index (χ3v) is 5.59. The van der Waals surface area contributed by atoms with Crippen LogP contribution in [0, 0.1) is 5.92 Å². The van der Waals surface area contributed by atoms with E-state index < -0.39 is 0 Å². The molecule has 2 aromatic rings. The lowest BCUT2D eigenvalue weighted by Gasteiger charge is -2.43. The minimum atomic E-state index is 0.0793. The Bertz CT molecular complexity index is 668. The molecule has 1 N–H and O–H groups in total. The summed E-state index contributed by atoms with van der Waals surface area (Å²) in [5, 5.41) is 3.54. The molecule has 1 aromatic carbocycles. The van der Waals surface area contributed by atoms with Crippen molar-refractivity contribution in [2.24, 2.45) is 5.92 Å². The lowest BCUT2D eigenvalue weighted by atomic mass is 9.68. The fourth-order valence-corrected chi connectivity index (χ4v) is 4.02. The standard InChI is InChI=1S/C22H31NO3/c1-17(2)21-15-22(11-14-26-21,19-8-4-5-9-20(19)24-3)10-12-23-16-18-7-6-13-25-18/h4-9,13,17,21,23H,10-12,14-16H2,1-3H3/t21-,22-/m0/s1. The van der Waals surface area contributed by atoms with Gasteiger partial charge in [-0.2, -0.15) is 0 Å². The van der Waals surface area contributed by atoms with Gasteiger partial charge in [-0.25, -0.2) is 0 Å². The SMILES string of the molecule is COc1ccccc1[C@@]1(CCNCc2ccco2)CCO[C@H](C(C)C)C1. The molecule has 0 aliphatic carbocycles. The number of methoxy groups -OCH3 is 1. The second-order valence-electron chi connectivity index (χ2n) is 7.59. The third kappa shape index (κ3) is 4.30. The van der Waals surface area contributed by atoms with Crippen molar-refractivity contribution in [1.82, 2.24) is 5.32 Å². The molecule has 1 aliphatic heterocycles. The van der Waals surface area contributed by atoms with E-state index in [4.69, 9.17) is 13.9 Å². The molecule has 26 heavy (non-hydrogen) atoms. The summed E-state index contributed by atoms with van der Waals surface area (Å²) >= 11 is 0. The second kappa shape index (κ2) is 8.74. The van der Waals surface area contributed by atoms with Gasteiger partial charge in [0.2, 0.25) is 0 Å². The van der Waals surface area contributed by atoms with E-state index in [0.717, 1.165) is 50.5 Å². The van der Waals surface area contributed by atoms with Gasteiger partial charge >= 0.3 is 0 Å². The van der Waals surface area contributed by atoms with Crippen molar-refractivity contribution < 1.29 is 13.9 Å². The number of hydrogen-bond donors (Lipinski definition) is 1. The van der Waals surface area contributed by atoms with E-state index in [1.54, 1.807) is 13.4 Å². The van der Waals surface area contributed by atoms with Gasteiger partial charge in [0.15, 0.2) is 0 Å². The number of rotatable bonds is 8. The lowest BCUT2D eigenvalue weighted by molar-refractivity contribution is -0.0473. The summed E-state index contributed by atoms with van der Waals surface area (Å²) in [5.74, 6) is 2.48. The molecule has 4 heteroatoms. The number of benzene rings is 1. The molecule has 1 aromatic heterocycles. The number of furan rings is 1. The summed E-state index contributed by atoms with van der Waals surface area (Å²) in [5.41, 5.74) is 1.40. The summed E-state index contributed by atoms with van der Waals surface area (Å²) in [7, 11) is 1.76. The number of hydrogen-bond acceptors (Lipinski definition) is 4. The van der Waals surface area contributed by atoms with Crippen molar-refractivity contribution >= 4 is 0 Å². The van der Waals surface area contributed by atoms with E-state index >= 15 is 0 Å². The molecule has 1 saturated heterocycles. The van der Waals surface area contributed by atoms with Crippen molar-refractivity contribution in [2.75, 3.05) is 20.3 Å². The summed E-state index contributed by atoms with van der Waals surface area (Å²) in [4.78, 5) is 0. The summed E-state index contributed by atoms with van der Waals surface area (Å²) < 4.78 is 17.2. The van der Waals surface area contributed by atoms with Gasteiger partial charge in [-0.3, -0.25) is 0 Å². The van der Waals surface area contributed by atoms with Crippen LogP contribution in [-0.2, 0) is 16.7 Å². The fourth-order valence-electron chi connectivity index (χ4n) is 4.02. The van der Waals surface area contributed by atoms with Crippen LogP contribution in [0.3, 0.4) is 0 Å². The maximum atomic E-state index is 6.08. The smallest absolute Gasteiger partial charge is 0.122 e. The maximum Gasteiger partial charge on any atom is 0.122 e. The van der Waals surface area contributed by atoms with Crippen LogP contribution in [0.4, 0.5) is 0 Å². The van der Waals surface area contributed by atoms with Crippen LogP contribution < -0.4 is 10.1 Å². The fraction of sp³-hybridized carbons (Fsp3) is 0.545. The molecular weight excluding hydrogens is 326 g/mol. The molecule has 0 amide bonds. The molecule has 2 atom stereocenters. The van der Waals surface area contributed by atoms with Crippen LogP contribution in [0.5, 0.6) is 5.75 Å². The molecule has 1 aliphatic rings. The van der Waals surface area contributed by atoms with Gasteiger partial charge in [0.1, 0.15) is 11.5 Å². The number of ether oxygens (including phenoxy) is 2. The highest BCUT2D eigenvalue weighted by atomic mass is 16.5. The van der Waals surface area contributed by atoms with Crippen molar-refractivity contribution in [3.05, 3.63) is 54.0 Å². The molecule has 1 fully saturated rings. The summed E-state index contributed by atoms with van der Waals surface area (Å²) in [6.07, 6.45) is 5.13. The van der Waals surface area contributed by atoms with Gasteiger partial charge in [0.25, 0.3) is 0 Å². The average Bonchev–Trinajstić information content (AvgIpc) is 3.19. The zero-order valence-electron chi connectivity index (χ0n) is 16.2. The molecule has 0 spiro atoms. The minimum absolute atomic E-state index is 0.0793. The zero-order chi connectivity index (χ0) is 18.4. The first-order valence-electron chi connectivity index (χ1n) is 9.63. The molecule has 0 unspecified atom stereocenters. The Morgan fingerprint density at radius 1 is 1.23 bits per heavy atom. The first-order chi connectivity index (χ1) is 12.6. The average molecular weight is 357 g/mol. The van der Waals surface area contributed by atoms with Crippen LogP contribution in [0.25, 0.3) is 0 Å². The van der Waals surface area contributed by atoms with Gasteiger partial charge in [-0.1, -0.05) is 32.0 Å². The Morgan fingerprint density at radius 3 is 2.81 bits per heavy atom. The molecule has 3 rings (SSSR count). The van der Waals surface area contributed by atoms with Gasteiger partial charge < -0.3 is 19.2 Å². The summed E-state index contributed by atoms with van der Waals surface area (Å²) in [6, 6.07) is 12.4. The van der Waals surface area contributed by atoms with E-state index in [-0.39, 0.29) is 5.41 Å². The highest BCUT2D eigenvalue weighted by Crippen LogP contribution is 2.45. The lowest BCUT2D eigenvalue weighted by Crippen LogP contribution is -2.42. The third-order valence-electron chi connectivity index (χ3n) is 5.59.